The summed E-state index contributed by atoms with van der Waals surface area (Å²) in [5.41, 5.74) is 1.12. The van der Waals surface area contributed by atoms with Gasteiger partial charge in [-0.15, -0.1) is 0 Å². The molecular weight excluding hydrogens is 374 g/mol. The van der Waals surface area contributed by atoms with Crippen molar-refractivity contribution in [1.29, 1.82) is 0 Å². The zero-order valence-electron chi connectivity index (χ0n) is 16.2. The maximum absolute atomic E-state index is 13.1. The molecule has 0 saturated heterocycles. The van der Waals surface area contributed by atoms with Crippen molar-refractivity contribution >= 4 is 29.1 Å². The van der Waals surface area contributed by atoms with Crippen LogP contribution in [0.3, 0.4) is 0 Å². The summed E-state index contributed by atoms with van der Waals surface area (Å²) in [7, 11) is 1.59. The lowest BCUT2D eigenvalue weighted by atomic mass is 10.1. The predicted octanol–water partition coefficient (Wildman–Crippen LogP) is 3.99. The number of hydrogen-bond acceptors (Lipinski definition) is 5. The molecule has 0 aliphatic carbocycles. The molecule has 0 spiro atoms. The summed E-state index contributed by atoms with van der Waals surface area (Å²) >= 11 is 1.31. The van der Waals surface area contributed by atoms with Crippen LogP contribution in [-0.2, 0) is 14.3 Å². The van der Waals surface area contributed by atoms with Crippen molar-refractivity contribution in [2.24, 2.45) is 0 Å². The molecule has 1 heterocycles. The van der Waals surface area contributed by atoms with Crippen LogP contribution < -0.4 is 4.74 Å². The lowest BCUT2D eigenvalue weighted by Gasteiger charge is -2.16. The standard InChI is InChI=1S/C22H23NO4S/c1-15(2)27-14-13-23-21(24)19(16-9-11-17(26-3)12-10-16)20(22(23)25)28-18-7-5-4-6-8-18/h4-12,15H,13-14H2,1-3H3. The summed E-state index contributed by atoms with van der Waals surface area (Å²) < 4.78 is 10.7. The summed E-state index contributed by atoms with van der Waals surface area (Å²) in [4.78, 5) is 28.8. The van der Waals surface area contributed by atoms with Crippen LogP contribution in [0.25, 0.3) is 5.57 Å². The smallest absolute Gasteiger partial charge is 0.268 e. The van der Waals surface area contributed by atoms with Gasteiger partial charge in [0, 0.05) is 4.90 Å². The van der Waals surface area contributed by atoms with E-state index in [-0.39, 0.29) is 24.5 Å². The lowest BCUT2D eigenvalue weighted by molar-refractivity contribution is -0.137. The fourth-order valence-electron chi connectivity index (χ4n) is 2.85. The van der Waals surface area contributed by atoms with Gasteiger partial charge >= 0.3 is 0 Å². The highest BCUT2D eigenvalue weighted by Crippen LogP contribution is 2.39. The van der Waals surface area contributed by atoms with Gasteiger partial charge in [-0.3, -0.25) is 14.5 Å². The summed E-state index contributed by atoms with van der Waals surface area (Å²) in [6.45, 7) is 4.39. The molecule has 2 aromatic carbocycles. The highest BCUT2D eigenvalue weighted by molar-refractivity contribution is 8.04. The van der Waals surface area contributed by atoms with Crippen LogP contribution in [0.1, 0.15) is 19.4 Å². The molecule has 0 saturated carbocycles. The maximum Gasteiger partial charge on any atom is 0.268 e. The van der Waals surface area contributed by atoms with Crippen LogP contribution in [0, 0.1) is 0 Å². The van der Waals surface area contributed by atoms with Crippen LogP contribution in [-0.4, -0.2) is 43.1 Å². The Kier molecular flexibility index (Phi) is 6.54. The average Bonchev–Trinajstić information content (AvgIpc) is 2.93. The van der Waals surface area contributed by atoms with E-state index in [1.54, 1.807) is 31.4 Å². The second-order valence-electron chi connectivity index (χ2n) is 6.53. The minimum Gasteiger partial charge on any atom is -0.497 e. The first-order valence-corrected chi connectivity index (χ1v) is 9.92. The van der Waals surface area contributed by atoms with E-state index >= 15 is 0 Å². The summed E-state index contributed by atoms with van der Waals surface area (Å²) in [6.07, 6.45) is 0.0417. The van der Waals surface area contributed by atoms with E-state index in [9.17, 15) is 9.59 Å². The molecule has 0 aromatic heterocycles. The van der Waals surface area contributed by atoms with Crippen LogP contribution in [0.15, 0.2) is 64.4 Å². The van der Waals surface area contributed by atoms with E-state index in [4.69, 9.17) is 9.47 Å². The van der Waals surface area contributed by atoms with Crippen molar-refractivity contribution in [2.75, 3.05) is 20.3 Å². The van der Waals surface area contributed by atoms with Crippen molar-refractivity contribution in [1.82, 2.24) is 4.90 Å². The molecule has 0 bridgehead atoms. The SMILES string of the molecule is COc1ccc(C2=C(Sc3ccccc3)C(=O)N(CCOC(C)C)C2=O)cc1. The third-order valence-corrected chi connectivity index (χ3v) is 5.32. The first-order valence-electron chi connectivity index (χ1n) is 9.10. The van der Waals surface area contributed by atoms with Crippen molar-refractivity contribution in [3.8, 4) is 5.75 Å². The summed E-state index contributed by atoms with van der Waals surface area (Å²) in [6, 6.07) is 16.8. The van der Waals surface area contributed by atoms with E-state index < -0.39 is 0 Å². The van der Waals surface area contributed by atoms with Gasteiger partial charge in [0.15, 0.2) is 0 Å². The van der Waals surface area contributed by atoms with E-state index in [0.29, 0.717) is 28.4 Å². The van der Waals surface area contributed by atoms with Crippen LogP contribution in [0.5, 0.6) is 5.75 Å². The van der Waals surface area contributed by atoms with E-state index in [1.165, 1.54) is 16.7 Å². The first-order chi connectivity index (χ1) is 13.5. The fourth-order valence-corrected chi connectivity index (χ4v) is 3.88. The number of hydrogen-bond donors (Lipinski definition) is 0. The molecular formula is C22H23NO4S. The molecule has 28 heavy (non-hydrogen) atoms. The first kappa shape index (κ1) is 20.2. The van der Waals surface area contributed by atoms with Crippen molar-refractivity contribution in [3.05, 3.63) is 65.1 Å². The lowest BCUT2D eigenvalue weighted by Crippen LogP contribution is -2.35. The Labute approximate surface area is 169 Å². The Morgan fingerprint density at radius 1 is 0.964 bits per heavy atom. The molecule has 146 valence electrons. The number of thioether (sulfide) groups is 1. The van der Waals surface area contributed by atoms with E-state index in [1.807, 2.05) is 44.2 Å². The van der Waals surface area contributed by atoms with Gasteiger partial charge in [-0.2, -0.15) is 0 Å². The Bertz CT molecular complexity index is 875. The van der Waals surface area contributed by atoms with Crippen LogP contribution >= 0.6 is 11.8 Å². The van der Waals surface area contributed by atoms with Gasteiger partial charge in [-0.25, -0.2) is 0 Å². The van der Waals surface area contributed by atoms with Gasteiger partial charge in [0.25, 0.3) is 11.8 Å². The van der Waals surface area contributed by atoms with Gasteiger partial charge in [-0.05, 0) is 43.7 Å². The van der Waals surface area contributed by atoms with E-state index in [0.717, 1.165) is 4.90 Å². The second kappa shape index (κ2) is 9.08. The van der Waals surface area contributed by atoms with Gasteiger partial charge in [0.2, 0.25) is 0 Å². The highest BCUT2D eigenvalue weighted by atomic mass is 32.2. The number of benzene rings is 2. The maximum atomic E-state index is 13.1. The Morgan fingerprint density at radius 2 is 1.64 bits per heavy atom. The third kappa shape index (κ3) is 4.46. The molecule has 0 atom stereocenters. The molecule has 5 nitrogen and oxygen atoms in total. The molecule has 6 heteroatoms. The zero-order chi connectivity index (χ0) is 20.1. The van der Waals surface area contributed by atoms with E-state index in [2.05, 4.69) is 0 Å². The molecule has 3 rings (SSSR count). The average molecular weight is 397 g/mol. The van der Waals surface area contributed by atoms with Crippen LogP contribution in [0.2, 0.25) is 0 Å². The number of nitrogens with zero attached hydrogens (tertiary/aromatic N) is 1. The molecule has 1 aliphatic heterocycles. The van der Waals surface area contributed by atoms with Crippen molar-refractivity contribution < 1.29 is 19.1 Å². The summed E-state index contributed by atoms with van der Waals surface area (Å²) in [5, 5.41) is 0. The largest absolute Gasteiger partial charge is 0.497 e. The third-order valence-electron chi connectivity index (χ3n) is 4.23. The molecule has 0 N–H and O–H groups in total. The normalized spacial score (nSPS) is 14.4. The number of rotatable bonds is 8. The second-order valence-corrected chi connectivity index (χ2v) is 7.61. The van der Waals surface area contributed by atoms with Gasteiger partial charge in [0.05, 0.1) is 36.8 Å². The van der Waals surface area contributed by atoms with Gasteiger partial charge < -0.3 is 9.47 Å². The van der Waals surface area contributed by atoms with Crippen molar-refractivity contribution in [3.63, 3.8) is 0 Å². The molecule has 0 unspecified atom stereocenters. The molecule has 2 amide bonds. The number of methoxy groups -OCH3 is 1. The van der Waals surface area contributed by atoms with Crippen LogP contribution in [0.4, 0.5) is 0 Å². The minimum absolute atomic E-state index is 0.0417. The number of carbonyl (C=O) groups is 2. The number of carbonyl (C=O) groups excluding carboxylic acids is 2. The topological polar surface area (TPSA) is 55.8 Å². The fraction of sp³-hybridized carbons (Fsp3) is 0.273. The molecule has 2 aromatic rings. The number of ether oxygens (including phenoxy) is 2. The molecule has 0 radical (unpaired) electrons. The Balaban J connectivity index is 1.94. The number of amides is 2. The monoisotopic (exact) mass is 397 g/mol. The zero-order valence-corrected chi connectivity index (χ0v) is 17.0. The Hall–Kier alpha value is -2.57. The minimum atomic E-state index is -0.291. The predicted molar refractivity (Wildman–Crippen MR) is 110 cm³/mol. The van der Waals surface area contributed by atoms with Crippen molar-refractivity contribution in [2.45, 2.75) is 24.8 Å². The highest BCUT2D eigenvalue weighted by Gasteiger charge is 2.39. The van der Waals surface area contributed by atoms with Gasteiger partial charge in [0.1, 0.15) is 5.75 Å². The molecule has 1 aliphatic rings. The van der Waals surface area contributed by atoms with Gasteiger partial charge in [-0.1, -0.05) is 42.1 Å². The summed E-state index contributed by atoms with van der Waals surface area (Å²) in [5.74, 6) is 0.124. The number of imide groups is 1. The molecule has 0 fully saturated rings. The quantitative estimate of drug-likeness (QED) is 0.631. The Morgan fingerprint density at radius 3 is 2.25 bits per heavy atom.